The predicted octanol–water partition coefficient (Wildman–Crippen LogP) is 3.71. The number of piperidine rings is 1. The Balaban J connectivity index is 1.77. The Labute approximate surface area is 143 Å². The molecule has 1 saturated heterocycles. The summed E-state index contributed by atoms with van der Waals surface area (Å²) in [5.41, 5.74) is 3.79. The fourth-order valence-electron chi connectivity index (χ4n) is 3.27. The van der Waals surface area contributed by atoms with Gasteiger partial charge in [-0.1, -0.05) is 13.0 Å². The molecule has 0 spiro atoms. The Morgan fingerprint density at radius 1 is 1.17 bits per heavy atom. The molecule has 5 nitrogen and oxygen atoms in total. The number of hydrogen-bond donors (Lipinski definition) is 1. The van der Waals surface area contributed by atoms with Gasteiger partial charge in [0.1, 0.15) is 17.8 Å². The van der Waals surface area contributed by atoms with Crippen LogP contribution in [0.25, 0.3) is 0 Å². The molecule has 1 aliphatic rings. The van der Waals surface area contributed by atoms with E-state index in [0.717, 1.165) is 25.2 Å². The summed E-state index contributed by atoms with van der Waals surface area (Å²) < 4.78 is 0. The molecule has 1 N–H and O–H groups in total. The van der Waals surface area contributed by atoms with E-state index >= 15 is 0 Å². The number of carbonyl (C=O) groups is 1. The number of amides is 1. The van der Waals surface area contributed by atoms with Gasteiger partial charge in [0.25, 0.3) is 5.91 Å². The van der Waals surface area contributed by atoms with Gasteiger partial charge in [-0.25, -0.2) is 9.97 Å². The van der Waals surface area contributed by atoms with Crippen LogP contribution in [-0.4, -0.2) is 33.9 Å². The first kappa shape index (κ1) is 16.4. The van der Waals surface area contributed by atoms with E-state index in [4.69, 9.17) is 0 Å². The summed E-state index contributed by atoms with van der Waals surface area (Å²) in [4.78, 5) is 23.0. The molecule has 2 aromatic rings. The number of anilines is 2. The van der Waals surface area contributed by atoms with Gasteiger partial charge in [-0.05, 0) is 55.9 Å². The second-order valence-electron chi connectivity index (χ2n) is 6.79. The molecule has 1 unspecified atom stereocenters. The van der Waals surface area contributed by atoms with E-state index in [1.54, 1.807) is 6.07 Å². The summed E-state index contributed by atoms with van der Waals surface area (Å²) in [6.07, 6.45) is 3.70. The van der Waals surface area contributed by atoms with Crippen LogP contribution in [0.1, 0.15) is 41.4 Å². The van der Waals surface area contributed by atoms with E-state index in [1.165, 1.54) is 23.9 Å². The minimum atomic E-state index is -0.00702. The number of nitrogens with one attached hydrogen (secondary N) is 1. The van der Waals surface area contributed by atoms with Crippen molar-refractivity contribution >= 4 is 17.4 Å². The van der Waals surface area contributed by atoms with Gasteiger partial charge >= 0.3 is 0 Å². The summed E-state index contributed by atoms with van der Waals surface area (Å²) in [6, 6.07) is 7.97. The van der Waals surface area contributed by atoms with Gasteiger partial charge in [0.2, 0.25) is 0 Å². The van der Waals surface area contributed by atoms with Crippen molar-refractivity contribution < 1.29 is 4.79 Å². The van der Waals surface area contributed by atoms with Crippen molar-refractivity contribution in [3.8, 4) is 0 Å². The first-order chi connectivity index (χ1) is 11.5. The average molecular weight is 324 g/mol. The number of nitrogens with zero attached hydrogens (tertiary/aromatic N) is 3. The van der Waals surface area contributed by atoms with Gasteiger partial charge in [-0.15, -0.1) is 0 Å². The summed E-state index contributed by atoms with van der Waals surface area (Å²) in [5.74, 6) is 1.19. The highest BCUT2D eigenvalue weighted by atomic mass is 16.2. The molecule has 126 valence electrons. The predicted molar refractivity (Wildman–Crippen MR) is 95.5 cm³/mol. The molecule has 1 fully saturated rings. The molecule has 3 rings (SSSR count). The van der Waals surface area contributed by atoms with E-state index in [-0.39, 0.29) is 5.91 Å². The maximum Gasteiger partial charge on any atom is 0.272 e. The second kappa shape index (κ2) is 6.99. The number of aromatic nitrogens is 2. The maximum atomic E-state index is 12.7. The van der Waals surface area contributed by atoms with Crippen LogP contribution >= 0.6 is 0 Å². The fourth-order valence-corrected chi connectivity index (χ4v) is 3.27. The van der Waals surface area contributed by atoms with Crippen LogP contribution in [0.3, 0.4) is 0 Å². The molecule has 0 radical (unpaired) electrons. The van der Waals surface area contributed by atoms with E-state index < -0.39 is 0 Å². The van der Waals surface area contributed by atoms with Crippen molar-refractivity contribution in [3.63, 3.8) is 0 Å². The van der Waals surface area contributed by atoms with Gasteiger partial charge in [-0.2, -0.15) is 0 Å². The lowest BCUT2D eigenvalue weighted by Gasteiger charge is -2.30. The molecular weight excluding hydrogens is 300 g/mol. The molecular formula is C19H24N4O. The Bertz CT molecular complexity index is 724. The standard InChI is InChI=1S/C19H24N4O/c1-13-5-4-6-23(11-13)19(24)17-10-18(21-12-20-17)22-16-8-14(2)7-15(3)9-16/h7-10,12-13H,4-6,11H2,1-3H3,(H,20,21,22). The van der Waals surface area contributed by atoms with E-state index in [0.29, 0.717) is 17.4 Å². The van der Waals surface area contributed by atoms with Crippen LogP contribution in [0.4, 0.5) is 11.5 Å². The van der Waals surface area contributed by atoms with Crippen molar-refractivity contribution in [1.29, 1.82) is 0 Å². The molecule has 0 saturated carbocycles. The molecule has 1 amide bonds. The van der Waals surface area contributed by atoms with Gasteiger partial charge in [-0.3, -0.25) is 4.79 Å². The van der Waals surface area contributed by atoms with Crippen LogP contribution in [0.15, 0.2) is 30.6 Å². The van der Waals surface area contributed by atoms with Crippen LogP contribution in [0.2, 0.25) is 0 Å². The Morgan fingerprint density at radius 3 is 2.62 bits per heavy atom. The van der Waals surface area contributed by atoms with Crippen LogP contribution in [0.5, 0.6) is 0 Å². The van der Waals surface area contributed by atoms with Crippen LogP contribution in [-0.2, 0) is 0 Å². The quantitative estimate of drug-likeness (QED) is 0.935. The van der Waals surface area contributed by atoms with E-state index in [2.05, 4.69) is 54.3 Å². The molecule has 24 heavy (non-hydrogen) atoms. The number of benzene rings is 1. The Hall–Kier alpha value is -2.43. The number of carbonyl (C=O) groups excluding carboxylic acids is 1. The summed E-state index contributed by atoms with van der Waals surface area (Å²) in [6.45, 7) is 7.93. The summed E-state index contributed by atoms with van der Waals surface area (Å²) in [5, 5.41) is 3.27. The van der Waals surface area contributed by atoms with Crippen LogP contribution < -0.4 is 5.32 Å². The third-order valence-electron chi connectivity index (χ3n) is 4.32. The number of rotatable bonds is 3. The van der Waals surface area contributed by atoms with Gasteiger partial charge in [0, 0.05) is 24.8 Å². The van der Waals surface area contributed by atoms with Crippen molar-refractivity contribution in [2.45, 2.75) is 33.6 Å². The van der Waals surface area contributed by atoms with E-state index in [9.17, 15) is 4.79 Å². The monoisotopic (exact) mass is 324 g/mol. The summed E-state index contributed by atoms with van der Waals surface area (Å²) >= 11 is 0. The number of aryl methyl sites for hydroxylation is 2. The first-order valence-electron chi connectivity index (χ1n) is 8.48. The minimum Gasteiger partial charge on any atom is -0.340 e. The topological polar surface area (TPSA) is 58.1 Å². The lowest BCUT2D eigenvalue weighted by Crippen LogP contribution is -2.39. The SMILES string of the molecule is Cc1cc(C)cc(Nc2cc(C(=O)N3CCCC(C)C3)ncn2)c1. The Morgan fingerprint density at radius 2 is 1.92 bits per heavy atom. The van der Waals surface area contributed by atoms with Crippen molar-refractivity contribution in [3.05, 3.63) is 47.4 Å². The molecule has 1 aliphatic heterocycles. The largest absolute Gasteiger partial charge is 0.340 e. The molecule has 1 atom stereocenters. The molecule has 5 heteroatoms. The van der Waals surface area contributed by atoms with E-state index in [1.807, 2.05) is 4.90 Å². The van der Waals surface area contributed by atoms with Gasteiger partial charge < -0.3 is 10.2 Å². The zero-order chi connectivity index (χ0) is 17.1. The third kappa shape index (κ3) is 3.91. The zero-order valence-corrected chi connectivity index (χ0v) is 14.5. The van der Waals surface area contributed by atoms with Crippen molar-refractivity contribution in [2.24, 2.45) is 5.92 Å². The van der Waals surface area contributed by atoms with Gasteiger partial charge in [0.15, 0.2) is 0 Å². The normalized spacial score (nSPS) is 17.6. The fraction of sp³-hybridized carbons (Fsp3) is 0.421. The highest BCUT2D eigenvalue weighted by Gasteiger charge is 2.23. The van der Waals surface area contributed by atoms with Crippen molar-refractivity contribution in [2.75, 3.05) is 18.4 Å². The van der Waals surface area contributed by atoms with Crippen molar-refractivity contribution in [1.82, 2.24) is 14.9 Å². The van der Waals surface area contributed by atoms with Crippen LogP contribution in [0, 0.1) is 19.8 Å². The highest BCUT2D eigenvalue weighted by molar-refractivity contribution is 5.93. The molecule has 1 aromatic heterocycles. The first-order valence-corrected chi connectivity index (χ1v) is 8.48. The lowest BCUT2D eigenvalue weighted by molar-refractivity contribution is 0.0677. The highest BCUT2D eigenvalue weighted by Crippen LogP contribution is 2.20. The number of hydrogen-bond acceptors (Lipinski definition) is 4. The maximum absolute atomic E-state index is 12.7. The minimum absolute atomic E-state index is 0.00702. The number of likely N-dealkylation sites (tertiary alicyclic amines) is 1. The average Bonchev–Trinajstić information content (AvgIpc) is 2.53. The molecule has 1 aromatic carbocycles. The molecule has 0 aliphatic carbocycles. The second-order valence-corrected chi connectivity index (χ2v) is 6.79. The zero-order valence-electron chi connectivity index (χ0n) is 14.5. The smallest absolute Gasteiger partial charge is 0.272 e. The Kier molecular flexibility index (Phi) is 4.79. The van der Waals surface area contributed by atoms with Gasteiger partial charge in [0.05, 0.1) is 0 Å². The lowest BCUT2D eigenvalue weighted by atomic mass is 10.00. The third-order valence-corrected chi connectivity index (χ3v) is 4.32. The summed E-state index contributed by atoms with van der Waals surface area (Å²) in [7, 11) is 0. The molecule has 2 heterocycles. The molecule has 0 bridgehead atoms.